The van der Waals surface area contributed by atoms with Gasteiger partial charge in [0.25, 0.3) is 5.91 Å². The first kappa shape index (κ1) is 11.5. The fourth-order valence-corrected chi connectivity index (χ4v) is 1.86. The molecule has 0 unspecified atom stereocenters. The molecule has 1 aromatic rings. The third kappa shape index (κ3) is 2.69. The van der Waals surface area contributed by atoms with Gasteiger partial charge in [-0.15, -0.1) is 22.9 Å². The zero-order valence-electron chi connectivity index (χ0n) is 8.24. The lowest BCUT2D eigenvalue weighted by Gasteiger charge is -2.24. The Bertz CT molecular complexity index is 287. The third-order valence-corrected chi connectivity index (χ3v) is 2.62. The minimum atomic E-state index is -0.0399. The summed E-state index contributed by atoms with van der Waals surface area (Å²) in [5.74, 6) is 0.413. The second-order valence-electron chi connectivity index (χ2n) is 3.15. The van der Waals surface area contributed by atoms with Gasteiger partial charge >= 0.3 is 0 Å². The molecule has 0 bridgehead atoms. The lowest BCUT2D eigenvalue weighted by Crippen LogP contribution is -2.38. The van der Waals surface area contributed by atoms with Crippen molar-refractivity contribution >= 4 is 28.8 Å². The van der Waals surface area contributed by atoms with Gasteiger partial charge in [-0.1, -0.05) is 0 Å². The Labute approximate surface area is 92.7 Å². The average Bonchev–Trinajstić information content (AvgIpc) is 2.65. The summed E-state index contributed by atoms with van der Waals surface area (Å²) in [6.45, 7) is 4.50. The van der Waals surface area contributed by atoms with E-state index in [-0.39, 0.29) is 11.9 Å². The predicted molar refractivity (Wildman–Crippen MR) is 59.0 cm³/mol. The van der Waals surface area contributed by atoms with E-state index in [2.05, 4.69) is 4.98 Å². The van der Waals surface area contributed by atoms with Crippen molar-refractivity contribution in [1.82, 2.24) is 9.88 Å². The highest BCUT2D eigenvalue weighted by Gasteiger charge is 2.19. The van der Waals surface area contributed by atoms with Crippen molar-refractivity contribution in [3.05, 3.63) is 16.6 Å². The zero-order valence-corrected chi connectivity index (χ0v) is 9.81. The van der Waals surface area contributed by atoms with E-state index in [1.807, 2.05) is 13.8 Å². The summed E-state index contributed by atoms with van der Waals surface area (Å²) in [7, 11) is 0. The Morgan fingerprint density at radius 3 is 2.86 bits per heavy atom. The van der Waals surface area contributed by atoms with Gasteiger partial charge in [0.2, 0.25) is 0 Å². The Kier molecular flexibility index (Phi) is 4.35. The first-order chi connectivity index (χ1) is 6.66. The normalized spacial score (nSPS) is 10.6. The lowest BCUT2D eigenvalue weighted by molar-refractivity contribution is 0.0713. The molecule has 78 valence electrons. The van der Waals surface area contributed by atoms with Crippen LogP contribution in [0.2, 0.25) is 0 Å². The number of carbonyl (C=O) groups excluding carboxylic acids is 1. The largest absolute Gasteiger partial charge is 0.334 e. The third-order valence-electron chi connectivity index (χ3n) is 1.86. The minimum absolute atomic E-state index is 0.0399. The van der Waals surface area contributed by atoms with Gasteiger partial charge in [-0.05, 0) is 13.8 Å². The predicted octanol–water partition coefficient (Wildman–Crippen LogP) is 2.23. The summed E-state index contributed by atoms with van der Waals surface area (Å²) < 4.78 is 0. The van der Waals surface area contributed by atoms with Crippen LogP contribution in [-0.2, 0) is 0 Å². The van der Waals surface area contributed by atoms with Crippen molar-refractivity contribution in [2.75, 3.05) is 12.4 Å². The molecule has 0 spiro atoms. The van der Waals surface area contributed by atoms with Crippen LogP contribution in [0.25, 0.3) is 0 Å². The van der Waals surface area contributed by atoms with Crippen LogP contribution in [-0.4, -0.2) is 34.3 Å². The highest BCUT2D eigenvalue weighted by molar-refractivity contribution is 7.07. The molecule has 1 amide bonds. The monoisotopic (exact) mass is 232 g/mol. The molecular weight excluding hydrogens is 220 g/mol. The van der Waals surface area contributed by atoms with Gasteiger partial charge in [0.1, 0.15) is 5.69 Å². The lowest BCUT2D eigenvalue weighted by atomic mass is 10.3. The Balaban J connectivity index is 2.74. The van der Waals surface area contributed by atoms with Gasteiger partial charge in [-0.3, -0.25) is 4.79 Å². The molecule has 0 saturated heterocycles. The molecule has 0 N–H and O–H groups in total. The molecular formula is C9H13ClN2OS. The molecule has 3 nitrogen and oxygen atoms in total. The van der Waals surface area contributed by atoms with Crippen molar-refractivity contribution in [3.63, 3.8) is 0 Å². The van der Waals surface area contributed by atoms with E-state index < -0.39 is 0 Å². The molecule has 0 aliphatic rings. The van der Waals surface area contributed by atoms with Crippen molar-refractivity contribution in [2.45, 2.75) is 19.9 Å². The highest BCUT2D eigenvalue weighted by Crippen LogP contribution is 2.08. The van der Waals surface area contributed by atoms with Crippen LogP contribution >= 0.6 is 22.9 Å². The van der Waals surface area contributed by atoms with Gasteiger partial charge in [-0.25, -0.2) is 4.98 Å². The molecule has 0 radical (unpaired) electrons. The summed E-state index contributed by atoms with van der Waals surface area (Å²) >= 11 is 7.06. The van der Waals surface area contributed by atoms with E-state index in [9.17, 15) is 4.79 Å². The number of hydrogen-bond acceptors (Lipinski definition) is 3. The summed E-state index contributed by atoms with van der Waals surface area (Å²) in [6, 6.07) is 0.156. The molecule has 1 aromatic heterocycles. The molecule has 5 heteroatoms. The van der Waals surface area contributed by atoms with Gasteiger partial charge in [0.15, 0.2) is 0 Å². The van der Waals surface area contributed by atoms with Gasteiger partial charge < -0.3 is 4.90 Å². The van der Waals surface area contributed by atoms with Crippen LogP contribution in [0, 0.1) is 0 Å². The summed E-state index contributed by atoms with van der Waals surface area (Å²) in [5, 5.41) is 1.76. The fraction of sp³-hybridized carbons (Fsp3) is 0.556. The van der Waals surface area contributed by atoms with Crippen LogP contribution in [0.4, 0.5) is 0 Å². The Morgan fingerprint density at radius 1 is 1.71 bits per heavy atom. The summed E-state index contributed by atoms with van der Waals surface area (Å²) in [6.07, 6.45) is 0. The molecule has 1 heterocycles. The molecule has 0 saturated carbocycles. The number of rotatable bonds is 4. The van der Waals surface area contributed by atoms with E-state index in [1.54, 1.807) is 15.8 Å². The molecule has 0 atom stereocenters. The maximum Gasteiger partial charge on any atom is 0.273 e. The van der Waals surface area contributed by atoms with Crippen LogP contribution in [0.15, 0.2) is 10.9 Å². The van der Waals surface area contributed by atoms with Crippen LogP contribution in [0.1, 0.15) is 24.3 Å². The number of aromatic nitrogens is 1. The number of hydrogen-bond donors (Lipinski definition) is 0. The second-order valence-corrected chi connectivity index (χ2v) is 4.25. The number of nitrogens with zero attached hydrogens (tertiary/aromatic N) is 2. The van der Waals surface area contributed by atoms with Crippen LogP contribution < -0.4 is 0 Å². The van der Waals surface area contributed by atoms with Crippen molar-refractivity contribution < 1.29 is 4.79 Å². The highest BCUT2D eigenvalue weighted by atomic mass is 35.5. The summed E-state index contributed by atoms with van der Waals surface area (Å²) in [5.41, 5.74) is 2.17. The van der Waals surface area contributed by atoms with Crippen LogP contribution in [0.3, 0.4) is 0 Å². The van der Waals surface area contributed by atoms with E-state index in [4.69, 9.17) is 11.6 Å². The number of alkyl halides is 1. The Hall–Kier alpha value is -0.610. The number of amides is 1. The maximum atomic E-state index is 11.8. The zero-order chi connectivity index (χ0) is 10.6. The molecule has 0 fully saturated rings. The average molecular weight is 233 g/mol. The van der Waals surface area contributed by atoms with Crippen molar-refractivity contribution in [3.8, 4) is 0 Å². The maximum absolute atomic E-state index is 11.8. The van der Waals surface area contributed by atoms with E-state index in [0.29, 0.717) is 18.1 Å². The number of thiazole rings is 1. The molecule has 14 heavy (non-hydrogen) atoms. The minimum Gasteiger partial charge on any atom is -0.334 e. The van der Waals surface area contributed by atoms with E-state index in [1.165, 1.54) is 11.3 Å². The molecule has 0 aliphatic carbocycles. The van der Waals surface area contributed by atoms with E-state index in [0.717, 1.165) is 0 Å². The first-order valence-corrected chi connectivity index (χ1v) is 5.89. The molecule has 1 rings (SSSR count). The summed E-state index contributed by atoms with van der Waals surface area (Å²) in [4.78, 5) is 17.6. The molecule has 0 aromatic carbocycles. The Morgan fingerprint density at radius 2 is 2.43 bits per heavy atom. The SMILES string of the molecule is CC(C)N(CCCl)C(=O)c1cscn1. The quantitative estimate of drug-likeness (QED) is 0.746. The molecule has 0 aliphatic heterocycles. The number of halogens is 1. The van der Waals surface area contributed by atoms with Gasteiger partial charge in [0.05, 0.1) is 5.51 Å². The first-order valence-electron chi connectivity index (χ1n) is 4.42. The van der Waals surface area contributed by atoms with Gasteiger partial charge in [0, 0.05) is 23.8 Å². The van der Waals surface area contributed by atoms with Crippen LogP contribution in [0.5, 0.6) is 0 Å². The topological polar surface area (TPSA) is 33.2 Å². The fourth-order valence-electron chi connectivity index (χ4n) is 1.15. The van der Waals surface area contributed by atoms with E-state index >= 15 is 0 Å². The smallest absolute Gasteiger partial charge is 0.273 e. The van der Waals surface area contributed by atoms with Crippen molar-refractivity contribution in [1.29, 1.82) is 0 Å². The van der Waals surface area contributed by atoms with Gasteiger partial charge in [-0.2, -0.15) is 0 Å². The van der Waals surface area contributed by atoms with Crippen molar-refractivity contribution in [2.24, 2.45) is 0 Å². The standard InChI is InChI=1S/C9H13ClN2OS/c1-7(2)12(4-3-10)9(13)8-5-14-6-11-8/h5-7H,3-4H2,1-2H3. The number of carbonyl (C=O) groups is 1. The second kappa shape index (κ2) is 5.32.